The first kappa shape index (κ1) is 18.6. The number of nitrogens with one attached hydrogen (secondary N) is 3. The smallest absolute Gasteiger partial charge is 0.435 e. The molecule has 3 N–H and O–H groups in total. The number of hydrogen-bond acceptors (Lipinski definition) is 4. The Balaban J connectivity index is 2.35. The molecule has 0 spiro atoms. The molecule has 25 heavy (non-hydrogen) atoms. The summed E-state index contributed by atoms with van der Waals surface area (Å²) >= 11 is 4.85. The van der Waals surface area contributed by atoms with Crippen LogP contribution in [0.15, 0.2) is 24.3 Å². The molecule has 0 atom stereocenters. The van der Waals surface area contributed by atoms with Crippen LogP contribution in [0.3, 0.4) is 0 Å². The quantitative estimate of drug-likeness (QED) is 0.563. The van der Waals surface area contributed by atoms with Crippen molar-refractivity contribution in [1.82, 2.24) is 15.5 Å². The number of hydrogen-bond donors (Lipinski definition) is 3. The minimum atomic E-state index is -4.75. The van der Waals surface area contributed by atoms with Gasteiger partial charge in [-0.3, -0.25) is 10.4 Å². The van der Waals surface area contributed by atoms with Crippen molar-refractivity contribution in [2.45, 2.75) is 13.1 Å². The largest absolute Gasteiger partial charge is 0.450 e. The number of thiocarbonyl (C=S) groups is 1. The molecule has 6 nitrogen and oxygen atoms in total. The molecular formula is C14H12F4N4O2S. The Morgan fingerprint density at radius 1 is 1.32 bits per heavy atom. The predicted octanol–water partition coefficient (Wildman–Crippen LogP) is 3.68. The van der Waals surface area contributed by atoms with Crippen molar-refractivity contribution in [3.63, 3.8) is 0 Å². The molecule has 11 heteroatoms. The second-order valence-electron chi connectivity index (χ2n) is 4.63. The Morgan fingerprint density at radius 2 is 1.96 bits per heavy atom. The minimum absolute atomic E-state index is 0.0592. The molecule has 0 aliphatic heterocycles. The van der Waals surface area contributed by atoms with Gasteiger partial charge in [-0.2, -0.15) is 18.3 Å². The van der Waals surface area contributed by atoms with Crippen LogP contribution in [-0.2, 0) is 10.9 Å². The number of rotatable bonds is 3. The number of H-pyrrole nitrogens is 1. The van der Waals surface area contributed by atoms with E-state index in [-0.39, 0.29) is 28.7 Å². The molecule has 1 amide bonds. The number of carbonyl (C=O) groups excluding carboxylic acids is 1. The van der Waals surface area contributed by atoms with Crippen molar-refractivity contribution in [2.75, 3.05) is 11.9 Å². The lowest BCUT2D eigenvalue weighted by atomic mass is 10.0. The van der Waals surface area contributed by atoms with Gasteiger partial charge in [0.2, 0.25) is 0 Å². The van der Waals surface area contributed by atoms with E-state index in [0.29, 0.717) is 0 Å². The van der Waals surface area contributed by atoms with Crippen LogP contribution in [0.2, 0.25) is 0 Å². The second-order valence-corrected chi connectivity index (χ2v) is 5.03. The van der Waals surface area contributed by atoms with Crippen molar-refractivity contribution in [2.24, 2.45) is 0 Å². The first-order chi connectivity index (χ1) is 11.7. The van der Waals surface area contributed by atoms with Crippen molar-refractivity contribution in [3.05, 3.63) is 35.8 Å². The average Bonchev–Trinajstić information content (AvgIpc) is 2.91. The van der Waals surface area contributed by atoms with Gasteiger partial charge in [0.05, 0.1) is 12.2 Å². The van der Waals surface area contributed by atoms with E-state index in [0.717, 1.165) is 12.1 Å². The number of benzene rings is 1. The van der Waals surface area contributed by atoms with Gasteiger partial charge in [-0.1, -0.05) is 12.1 Å². The molecule has 0 bridgehead atoms. The molecule has 0 radical (unpaired) electrons. The number of alkyl halides is 3. The zero-order chi connectivity index (χ0) is 18.6. The highest BCUT2D eigenvalue weighted by molar-refractivity contribution is 7.80. The third-order valence-corrected chi connectivity index (χ3v) is 3.10. The van der Waals surface area contributed by atoms with Gasteiger partial charge in [0, 0.05) is 0 Å². The molecule has 2 aromatic rings. The van der Waals surface area contributed by atoms with Crippen LogP contribution in [0.1, 0.15) is 12.6 Å². The van der Waals surface area contributed by atoms with Crippen molar-refractivity contribution in [3.8, 4) is 11.1 Å². The standard InChI is InChI=1S/C14H12F4N4O2S/c1-2-24-13(23)20-12(25)19-11-9(7-3-5-8(15)6-4-7)10(21-22-11)14(16,17)18/h3-6H,2H2,1H3,(H3,19,20,21,22,23,25). The van der Waals surface area contributed by atoms with Gasteiger partial charge in [-0.25, -0.2) is 9.18 Å². The lowest BCUT2D eigenvalue weighted by molar-refractivity contribution is -0.140. The fraction of sp³-hybridized carbons (Fsp3) is 0.214. The highest BCUT2D eigenvalue weighted by atomic mass is 32.1. The van der Waals surface area contributed by atoms with E-state index in [4.69, 9.17) is 12.2 Å². The molecule has 0 saturated heterocycles. The lowest BCUT2D eigenvalue weighted by Gasteiger charge is -2.11. The second kappa shape index (κ2) is 7.47. The summed E-state index contributed by atoms with van der Waals surface area (Å²) in [5, 5.41) is 9.68. The molecular weight excluding hydrogens is 364 g/mol. The zero-order valence-corrected chi connectivity index (χ0v) is 13.5. The molecule has 0 unspecified atom stereocenters. The number of halogens is 4. The number of carbonyl (C=O) groups is 1. The number of nitrogens with zero attached hydrogens (tertiary/aromatic N) is 1. The lowest BCUT2D eigenvalue weighted by Crippen LogP contribution is -2.34. The summed E-state index contributed by atoms with van der Waals surface area (Å²) in [6, 6.07) is 4.37. The van der Waals surface area contributed by atoms with E-state index in [1.807, 2.05) is 0 Å². The van der Waals surface area contributed by atoms with Crippen LogP contribution < -0.4 is 10.6 Å². The highest BCUT2D eigenvalue weighted by Crippen LogP contribution is 2.39. The molecule has 134 valence electrons. The Kier molecular flexibility index (Phi) is 5.57. The molecule has 1 heterocycles. The van der Waals surface area contributed by atoms with E-state index in [1.165, 1.54) is 12.1 Å². The van der Waals surface area contributed by atoms with Gasteiger partial charge >= 0.3 is 12.3 Å². The molecule has 1 aromatic carbocycles. The molecule has 0 saturated carbocycles. The summed E-state index contributed by atoms with van der Waals surface area (Å²) in [5.74, 6) is -0.810. The predicted molar refractivity (Wildman–Crippen MR) is 85.4 cm³/mol. The van der Waals surface area contributed by atoms with E-state index in [2.05, 4.69) is 25.6 Å². The normalized spacial score (nSPS) is 11.1. The van der Waals surface area contributed by atoms with Crippen LogP contribution in [0.4, 0.5) is 28.2 Å². The maximum atomic E-state index is 13.2. The van der Waals surface area contributed by atoms with Crippen molar-refractivity contribution in [1.29, 1.82) is 0 Å². The summed E-state index contributed by atoms with van der Waals surface area (Å²) in [5.41, 5.74) is -1.51. The van der Waals surface area contributed by atoms with Gasteiger partial charge in [-0.05, 0) is 36.8 Å². The Bertz CT molecular complexity index is 774. The third kappa shape index (κ3) is 4.66. The number of aromatic nitrogens is 2. The number of aromatic amines is 1. The average molecular weight is 376 g/mol. The summed E-state index contributed by atoms with van der Waals surface area (Å²) in [7, 11) is 0. The van der Waals surface area contributed by atoms with Gasteiger partial charge in [0.25, 0.3) is 0 Å². The van der Waals surface area contributed by atoms with E-state index >= 15 is 0 Å². The van der Waals surface area contributed by atoms with Crippen LogP contribution in [-0.4, -0.2) is 28.0 Å². The summed E-state index contributed by atoms with van der Waals surface area (Å²) in [6.45, 7) is 1.67. The monoisotopic (exact) mass is 376 g/mol. The van der Waals surface area contributed by atoms with E-state index in [9.17, 15) is 22.4 Å². The topological polar surface area (TPSA) is 79.0 Å². The molecule has 0 aliphatic rings. The molecule has 1 aromatic heterocycles. The fourth-order valence-electron chi connectivity index (χ4n) is 1.94. The highest BCUT2D eigenvalue weighted by Gasteiger charge is 2.38. The molecule has 0 fully saturated rings. The Hall–Kier alpha value is -2.69. The SMILES string of the molecule is CCOC(=O)NC(=S)Nc1[nH]nc(C(F)(F)F)c1-c1ccc(F)cc1. The Morgan fingerprint density at radius 3 is 2.52 bits per heavy atom. The van der Waals surface area contributed by atoms with E-state index in [1.54, 1.807) is 6.92 Å². The van der Waals surface area contributed by atoms with Crippen LogP contribution in [0.25, 0.3) is 11.1 Å². The molecule has 0 aliphatic carbocycles. The summed E-state index contributed by atoms with van der Waals surface area (Å²) in [4.78, 5) is 11.3. The van der Waals surface area contributed by atoms with Crippen LogP contribution >= 0.6 is 12.2 Å². The zero-order valence-electron chi connectivity index (χ0n) is 12.7. The number of ether oxygens (including phenoxy) is 1. The first-order valence-electron chi connectivity index (χ1n) is 6.88. The summed E-state index contributed by atoms with van der Waals surface area (Å²) < 4.78 is 57.2. The van der Waals surface area contributed by atoms with Crippen molar-refractivity contribution < 1.29 is 27.1 Å². The Labute approximate surface area is 144 Å². The van der Waals surface area contributed by atoms with Gasteiger partial charge in [-0.15, -0.1) is 0 Å². The molecule has 2 rings (SSSR count). The summed E-state index contributed by atoms with van der Waals surface area (Å²) in [6.07, 6.45) is -5.62. The number of amides is 1. The number of alkyl carbamates (subject to hydrolysis) is 1. The maximum absolute atomic E-state index is 13.2. The van der Waals surface area contributed by atoms with Gasteiger partial charge in [0.1, 0.15) is 11.6 Å². The fourth-order valence-corrected chi connectivity index (χ4v) is 2.13. The number of anilines is 1. The van der Waals surface area contributed by atoms with Crippen molar-refractivity contribution >= 4 is 29.2 Å². The van der Waals surface area contributed by atoms with Gasteiger partial charge in [0.15, 0.2) is 10.8 Å². The van der Waals surface area contributed by atoms with E-state index < -0.39 is 23.8 Å². The maximum Gasteiger partial charge on any atom is 0.435 e. The van der Waals surface area contributed by atoms with Gasteiger partial charge < -0.3 is 10.1 Å². The first-order valence-corrected chi connectivity index (χ1v) is 7.29. The van der Waals surface area contributed by atoms with Crippen LogP contribution in [0, 0.1) is 5.82 Å². The van der Waals surface area contributed by atoms with Crippen LogP contribution in [0.5, 0.6) is 0 Å². The third-order valence-electron chi connectivity index (χ3n) is 2.90. The minimum Gasteiger partial charge on any atom is -0.450 e.